The summed E-state index contributed by atoms with van der Waals surface area (Å²) in [6, 6.07) is 22.6. The summed E-state index contributed by atoms with van der Waals surface area (Å²) in [5, 5.41) is 14.8. The molecule has 3 aromatic carbocycles. The molecule has 0 unspecified atom stereocenters. The summed E-state index contributed by atoms with van der Waals surface area (Å²) in [4.78, 5) is 9.88. The molecule has 0 radical (unpaired) electrons. The van der Waals surface area contributed by atoms with E-state index in [1.54, 1.807) is 6.07 Å². The van der Waals surface area contributed by atoms with Crippen LogP contribution in [0.4, 0.5) is 27.3 Å². The molecule has 0 aliphatic carbocycles. The van der Waals surface area contributed by atoms with E-state index in [-0.39, 0.29) is 5.02 Å². The van der Waals surface area contributed by atoms with E-state index in [1.807, 2.05) is 48.3 Å². The smallest absolute Gasteiger partial charge is 0.141 e. The molecule has 156 valence electrons. The minimum absolute atomic E-state index is 0.00565. The summed E-state index contributed by atoms with van der Waals surface area (Å²) in [5.74, 6) is 0.439. The van der Waals surface area contributed by atoms with Gasteiger partial charge in [0.05, 0.1) is 21.8 Å². The van der Waals surface area contributed by atoms with E-state index < -0.39 is 5.82 Å². The van der Waals surface area contributed by atoms with Gasteiger partial charge in [-0.2, -0.15) is 5.26 Å². The maximum absolute atomic E-state index is 13.6. The normalized spacial score (nSPS) is 10.9. The van der Waals surface area contributed by atoms with Gasteiger partial charge in [-0.05, 0) is 48.5 Å². The second kappa shape index (κ2) is 7.88. The number of para-hydroxylation sites is 1. The van der Waals surface area contributed by atoms with Crippen molar-refractivity contribution in [2.24, 2.45) is 0 Å². The van der Waals surface area contributed by atoms with Gasteiger partial charge in [-0.3, -0.25) is 4.98 Å². The van der Waals surface area contributed by atoms with Crippen molar-refractivity contribution in [1.29, 1.82) is 5.26 Å². The molecule has 0 amide bonds. The molecule has 0 saturated carbocycles. The third kappa shape index (κ3) is 3.49. The highest BCUT2D eigenvalue weighted by Crippen LogP contribution is 2.34. The Morgan fingerprint density at radius 1 is 1.09 bits per heavy atom. The highest BCUT2D eigenvalue weighted by molar-refractivity contribution is 6.31. The lowest BCUT2D eigenvalue weighted by atomic mass is 10.1. The Labute approximate surface area is 188 Å². The van der Waals surface area contributed by atoms with E-state index >= 15 is 0 Å². The molecule has 0 saturated heterocycles. The number of anilines is 4. The minimum Gasteiger partial charge on any atom is -0.354 e. The predicted molar refractivity (Wildman–Crippen MR) is 128 cm³/mol. The molecule has 2 aromatic heterocycles. The molecule has 0 aliphatic heterocycles. The average molecular weight is 442 g/mol. The van der Waals surface area contributed by atoms with Gasteiger partial charge in [0.15, 0.2) is 0 Å². The summed E-state index contributed by atoms with van der Waals surface area (Å²) >= 11 is 5.94. The maximum atomic E-state index is 13.6. The van der Waals surface area contributed by atoms with Crippen molar-refractivity contribution in [3.05, 3.63) is 89.3 Å². The Morgan fingerprint density at radius 2 is 1.94 bits per heavy atom. The molecule has 2 N–H and O–H groups in total. The first-order valence-electron chi connectivity index (χ1n) is 9.90. The lowest BCUT2D eigenvalue weighted by Crippen LogP contribution is -2.09. The van der Waals surface area contributed by atoms with Gasteiger partial charge in [0.2, 0.25) is 0 Å². The number of benzene rings is 3. The molecule has 32 heavy (non-hydrogen) atoms. The van der Waals surface area contributed by atoms with Crippen LogP contribution in [0.3, 0.4) is 0 Å². The number of hydrogen-bond donors (Lipinski definition) is 2. The molecule has 0 spiro atoms. The van der Waals surface area contributed by atoms with E-state index in [9.17, 15) is 9.65 Å². The highest BCUT2D eigenvalue weighted by Gasteiger charge is 2.14. The Hall–Kier alpha value is -4.08. The molecule has 0 atom stereocenters. The van der Waals surface area contributed by atoms with Crippen molar-refractivity contribution in [2.75, 3.05) is 17.3 Å². The first-order valence-corrected chi connectivity index (χ1v) is 10.3. The largest absolute Gasteiger partial charge is 0.354 e. The van der Waals surface area contributed by atoms with Crippen molar-refractivity contribution >= 4 is 56.3 Å². The molecular formula is C25H17ClFN5. The Morgan fingerprint density at radius 3 is 2.72 bits per heavy atom. The van der Waals surface area contributed by atoms with E-state index in [1.165, 1.54) is 18.3 Å². The van der Waals surface area contributed by atoms with Crippen LogP contribution in [0.15, 0.2) is 72.9 Å². The van der Waals surface area contributed by atoms with Crippen LogP contribution in [-0.2, 0) is 0 Å². The SMILES string of the molecule is CN(c1ccc2ncc(C#N)c(Nc3ccc(F)c(Cl)c3)c2c1)c1cc2ccccc2[nH]1. The van der Waals surface area contributed by atoms with Gasteiger partial charge in [0.1, 0.15) is 17.7 Å². The summed E-state index contributed by atoms with van der Waals surface area (Å²) in [5.41, 5.74) is 4.25. The van der Waals surface area contributed by atoms with Crippen LogP contribution >= 0.6 is 11.6 Å². The number of pyridine rings is 1. The number of fused-ring (bicyclic) bond motifs is 2. The third-order valence-corrected chi connectivity index (χ3v) is 5.71. The van der Waals surface area contributed by atoms with Gasteiger partial charge in [0, 0.05) is 40.9 Å². The van der Waals surface area contributed by atoms with Crippen molar-refractivity contribution in [3.63, 3.8) is 0 Å². The average Bonchev–Trinajstić information content (AvgIpc) is 3.25. The van der Waals surface area contributed by atoms with Crippen molar-refractivity contribution in [3.8, 4) is 6.07 Å². The summed E-state index contributed by atoms with van der Waals surface area (Å²) in [6.07, 6.45) is 1.52. The lowest BCUT2D eigenvalue weighted by Gasteiger charge is -2.19. The molecule has 0 bridgehead atoms. The van der Waals surface area contributed by atoms with Gasteiger partial charge in [-0.1, -0.05) is 29.8 Å². The van der Waals surface area contributed by atoms with Crippen LogP contribution in [0.5, 0.6) is 0 Å². The Bertz CT molecular complexity index is 1490. The van der Waals surface area contributed by atoms with Crippen LogP contribution in [0.2, 0.25) is 5.02 Å². The summed E-state index contributed by atoms with van der Waals surface area (Å²) in [7, 11) is 1.97. The fraction of sp³-hybridized carbons (Fsp3) is 0.0400. The quantitative estimate of drug-likeness (QED) is 0.318. The highest BCUT2D eigenvalue weighted by atomic mass is 35.5. The van der Waals surface area contributed by atoms with Gasteiger partial charge >= 0.3 is 0 Å². The lowest BCUT2D eigenvalue weighted by molar-refractivity contribution is 0.628. The zero-order valence-corrected chi connectivity index (χ0v) is 17.8. The molecule has 5 nitrogen and oxygen atoms in total. The molecular weight excluding hydrogens is 425 g/mol. The first kappa shape index (κ1) is 19.9. The van der Waals surface area contributed by atoms with Gasteiger partial charge in [0.25, 0.3) is 0 Å². The number of H-pyrrole nitrogens is 1. The zero-order chi connectivity index (χ0) is 22.2. The van der Waals surface area contributed by atoms with E-state index in [0.29, 0.717) is 16.9 Å². The van der Waals surface area contributed by atoms with Crippen molar-refractivity contribution < 1.29 is 4.39 Å². The zero-order valence-electron chi connectivity index (χ0n) is 17.0. The van der Waals surface area contributed by atoms with Crippen molar-refractivity contribution in [1.82, 2.24) is 9.97 Å². The second-order valence-electron chi connectivity index (χ2n) is 7.41. The molecule has 5 aromatic rings. The monoisotopic (exact) mass is 441 g/mol. The van der Waals surface area contributed by atoms with E-state index in [4.69, 9.17) is 11.6 Å². The Kier molecular flexibility index (Phi) is 4.89. The van der Waals surface area contributed by atoms with Crippen LogP contribution < -0.4 is 10.2 Å². The fourth-order valence-electron chi connectivity index (χ4n) is 3.70. The maximum Gasteiger partial charge on any atom is 0.141 e. The topological polar surface area (TPSA) is 67.7 Å². The first-order chi connectivity index (χ1) is 15.5. The van der Waals surface area contributed by atoms with Crippen LogP contribution in [-0.4, -0.2) is 17.0 Å². The molecule has 5 rings (SSSR count). The number of nitrogens with zero attached hydrogens (tertiary/aromatic N) is 3. The number of hydrogen-bond acceptors (Lipinski definition) is 4. The fourth-order valence-corrected chi connectivity index (χ4v) is 3.89. The van der Waals surface area contributed by atoms with Gasteiger partial charge in [-0.15, -0.1) is 0 Å². The number of nitriles is 1. The molecule has 0 aliphatic rings. The molecule has 7 heteroatoms. The van der Waals surface area contributed by atoms with Gasteiger partial charge in [-0.25, -0.2) is 4.39 Å². The minimum atomic E-state index is -0.500. The summed E-state index contributed by atoms with van der Waals surface area (Å²) < 4.78 is 13.6. The number of halogens is 2. The van der Waals surface area contributed by atoms with Crippen LogP contribution in [0.1, 0.15) is 5.56 Å². The standard InChI is InChI=1S/C25H17ClFN5/c1-32(24-10-15-4-2-3-5-22(15)31-24)18-7-9-23-19(12-18)25(16(13-28)14-29-23)30-17-6-8-21(27)20(26)11-17/h2-12,14,31H,1H3,(H,29,30). The van der Waals surface area contributed by atoms with E-state index in [2.05, 4.69) is 33.5 Å². The Balaban J connectivity index is 1.60. The number of aromatic amines is 1. The van der Waals surface area contributed by atoms with Gasteiger partial charge < -0.3 is 15.2 Å². The van der Waals surface area contributed by atoms with E-state index in [0.717, 1.165) is 33.3 Å². The number of rotatable bonds is 4. The van der Waals surface area contributed by atoms with Crippen molar-refractivity contribution in [2.45, 2.75) is 0 Å². The molecule has 2 heterocycles. The number of aromatic nitrogens is 2. The predicted octanol–water partition coefficient (Wildman–Crippen LogP) is 6.89. The van der Waals surface area contributed by atoms with Crippen LogP contribution in [0, 0.1) is 17.1 Å². The number of nitrogens with one attached hydrogen (secondary N) is 2. The molecule has 0 fully saturated rings. The second-order valence-corrected chi connectivity index (χ2v) is 7.82. The summed E-state index contributed by atoms with van der Waals surface area (Å²) in [6.45, 7) is 0. The third-order valence-electron chi connectivity index (χ3n) is 5.43. The van der Waals surface area contributed by atoms with Crippen LogP contribution in [0.25, 0.3) is 21.8 Å².